The lowest BCUT2D eigenvalue weighted by Gasteiger charge is -2.07. The van der Waals surface area contributed by atoms with Crippen LogP contribution in [0.4, 0.5) is 5.69 Å². The number of carbonyl (C=O) groups excluding carboxylic acids is 1. The van der Waals surface area contributed by atoms with Crippen molar-refractivity contribution in [3.63, 3.8) is 0 Å². The number of nitrogens with zero attached hydrogens (tertiary/aromatic N) is 2. The molecule has 152 valence electrons. The maximum absolute atomic E-state index is 12.6. The van der Waals surface area contributed by atoms with Gasteiger partial charge < -0.3 is 13.9 Å². The third-order valence-corrected chi connectivity index (χ3v) is 5.62. The third kappa shape index (κ3) is 4.11. The molecule has 1 aromatic heterocycles. The number of hydrogen-bond acceptors (Lipinski definition) is 6. The minimum atomic E-state index is -0.119. The summed E-state index contributed by atoms with van der Waals surface area (Å²) in [6.45, 7) is 0. The van der Waals surface area contributed by atoms with Crippen LogP contribution in [0.2, 0.25) is 0 Å². The molecular formula is C23H20N2O4S. The molecule has 1 saturated heterocycles. The van der Waals surface area contributed by atoms with E-state index in [1.807, 2.05) is 60.7 Å². The molecule has 1 aliphatic rings. The van der Waals surface area contributed by atoms with Crippen LogP contribution in [0.1, 0.15) is 5.76 Å². The van der Waals surface area contributed by atoms with Gasteiger partial charge in [-0.1, -0.05) is 12.1 Å². The number of ether oxygens (including phenoxy) is 2. The van der Waals surface area contributed by atoms with Crippen molar-refractivity contribution in [3.8, 4) is 22.8 Å². The summed E-state index contributed by atoms with van der Waals surface area (Å²) in [6.07, 6.45) is 1.74. The van der Waals surface area contributed by atoms with E-state index in [-0.39, 0.29) is 5.91 Å². The first-order valence-corrected chi connectivity index (χ1v) is 10.0. The van der Waals surface area contributed by atoms with Gasteiger partial charge >= 0.3 is 0 Å². The molecule has 6 nitrogen and oxygen atoms in total. The summed E-state index contributed by atoms with van der Waals surface area (Å²) in [5, 5.41) is 0.607. The van der Waals surface area contributed by atoms with Gasteiger partial charge in [-0.15, -0.1) is 0 Å². The van der Waals surface area contributed by atoms with E-state index < -0.39 is 0 Å². The topological polar surface area (TPSA) is 64.3 Å². The highest BCUT2D eigenvalue weighted by molar-refractivity contribution is 8.18. The van der Waals surface area contributed by atoms with Crippen molar-refractivity contribution in [2.24, 2.45) is 4.99 Å². The maximum atomic E-state index is 12.6. The Morgan fingerprint density at radius 2 is 1.77 bits per heavy atom. The molecule has 1 fully saturated rings. The van der Waals surface area contributed by atoms with Gasteiger partial charge in [0.25, 0.3) is 5.91 Å². The van der Waals surface area contributed by atoms with Crippen LogP contribution in [-0.4, -0.2) is 37.2 Å². The van der Waals surface area contributed by atoms with E-state index in [2.05, 4.69) is 4.99 Å². The summed E-state index contributed by atoms with van der Waals surface area (Å²) in [6, 6.07) is 18.7. The Hall–Kier alpha value is -3.45. The first-order chi connectivity index (χ1) is 14.6. The highest BCUT2D eigenvalue weighted by Crippen LogP contribution is 2.34. The first-order valence-electron chi connectivity index (χ1n) is 9.22. The maximum Gasteiger partial charge on any atom is 0.266 e. The molecule has 7 heteroatoms. The van der Waals surface area contributed by atoms with E-state index in [9.17, 15) is 4.79 Å². The number of rotatable bonds is 5. The summed E-state index contributed by atoms with van der Waals surface area (Å²) < 4.78 is 16.3. The van der Waals surface area contributed by atoms with E-state index in [1.165, 1.54) is 16.7 Å². The van der Waals surface area contributed by atoms with Crippen molar-refractivity contribution in [3.05, 3.63) is 71.3 Å². The van der Waals surface area contributed by atoms with Crippen LogP contribution < -0.4 is 9.47 Å². The van der Waals surface area contributed by atoms with Gasteiger partial charge in [0.2, 0.25) is 0 Å². The van der Waals surface area contributed by atoms with Gasteiger partial charge in [0, 0.05) is 18.7 Å². The average molecular weight is 420 g/mol. The van der Waals surface area contributed by atoms with Crippen LogP contribution in [-0.2, 0) is 4.79 Å². The number of amidine groups is 1. The van der Waals surface area contributed by atoms with Crippen LogP contribution in [0.5, 0.6) is 11.5 Å². The standard InChI is InChI=1S/C23H20N2O4S/c1-25-22(26)21(30-23(25)24-16-7-9-17(27-2)10-8-16)14-19-11-12-20(29-19)15-5-4-6-18(13-15)28-3/h4-14H,1-3H3/b21-14-,24-23?. The zero-order valence-corrected chi connectivity index (χ0v) is 17.6. The second kappa shape index (κ2) is 8.51. The Kier molecular flexibility index (Phi) is 5.63. The molecule has 30 heavy (non-hydrogen) atoms. The Morgan fingerprint density at radius 1 is 1.00 bits per heavy atom. The van der Waals surface area contributed by atoms with Gasteiger partial charge in [-0.2, -0.15) is 0 Å². The quantitative estimate of drug-likeness (QED) is 0.531. The van der Waals surface area contributed by atoms with Crippen LogP contribution in [0.15, 0.2) is 75.0 Å². The molecule has 0 spiro atoms. The number of thioether (sulfide) groups is 1. The van der Waals surface area contributed by atoms with Crippen LogP contribution >= 0.6 is 11.8 Å². The number of carbonyl (C=O) groups is 1. The molecule has 0 saturated carbocycles. The van der Waals surface area contributed by atoms with E-state index >= 15 is 0 Å². The second-order valence-electron chi connectivity index (χ2n) is 6.50. The molecular weight excluding hydrogens is 400 g/mol. The van der Waals surface area contributed by atoms with E-state index in [4.69, 9.17) is 13.9 Å². The van der Waals surface area contributed by atoms with Crippen molar-refractivity contribution in [2.75, 3.05) is 21.3 Å². The predicted octanol–water partition coefficient (Wildman–Crippen LogP) is 5.20. The van der Waals surface area contributed by atoms with E-state index in [0.717, 1.165) is 22.7 Å². The Bertz CT molecular complexity index is 1130. The van der Waals surface area contributed by atoms with Gasteiger partial charge in [0.1, 0.15) is 23.0 Å². The number of benzene rings is 2. The van der Waals surface area contributed by atoms with Crippen molar-refractivity contribution < 1.29 is 18.7 Å². The fourth-order valence-corrected chi connectivity index (χ4v) is 3.88. The molecule has 0 atom stereocenters. The highest BCUT2D eigenvalue weighted by Gasteiger charge is 2.30. The Balaban J connectivity index is 1.56. The van der Waals surface area contributed by atoms with Gasteiger partial charge in [-0.05, 0) is 60.3 Å². The lowest BCUT2D eigenvalue weighted by atomic mass is 10.2. The van der Waals surface area contributed by atoms with Crippen molar-refractivity contribution in [2.45, 2.75) is 0 Å². The van der Waals surface area contributed by atoms with E-state index in [1.54, 1.807) is 27.3 Å². The molecule has 0 N–H and O–H groups in total. The van der Waals surface area contributed by atoms with Crippen LogP contribution in [0, 0.1) is 0 Å². The molecule has 3 aromatic rings. The summed E-state index contributed by atoms with van der Waals surface area (Å²) in [5.74, 6) is 2.70. The minimum absolute atomic E-state index is 0.119. The van der Waals surface area contributed by atoms with Gasteiger partial charge in [0.05, 0.1) is 24.8 Å². The monoisotopic (exact) mass is 420 g/mol. The zero-order chi connectivity index (χ0) is 21.1. The SMILES string of the molecule is COc1ccc(N=C2S/C(=C\c3ccc(-c4cccc(OC)c4)o3)C(=O)N2C)cc1. The lowest BCUT2D eigenvalue weighted by Crippen LogP contribution is -2.23. The lowest BCUT2D eigenvalue weighted by molar-refractivity contribution is -0.121. The second-order valence-corrected chi connectivity index (χ2v) is 7.51. The molecule has 4 rings (SSSR count). The fraction of sp³-hybridized carbons (Fsp3) is 0.130. The molecule has 2 heterocycles. The van der Waals surface area contributed by atoms with E-state index in [0.29, 0.717) is 21.6 Å². The number of furan rings is 1. The Morgan fingerprint density at radius 3 is 2.50 bits per heavy atom. The smallest absolute Gasteiger partial charge is 0.266 e. The van der Waals surface area contributed by atoms with Gasteiger partial charge in [-0.25, -0.2) is 4.99 Å². The summed E-state index contributed by atoms with van der Waals surface area (Å²) in [4.78, 5) is 19.3. The molecule has 0 aliphatic carbocycles. The van der Waals surface area contributed by atoms with Gasteiger partial charge in [0.15, 0.2) is 5.17 Å². The van der Waals surface area contributed by atoms with Crippen LogP contribution in [0.3, 0.4) is 0 Å². The number of methoxy groups -OCH3 is 2. The molecule has 0 bridgehead atoms. The Labute approximate surface area is 178 Å². The average Bonchev–Trinajstić information content (AvgIpc) is 3.35. The van der Waals surface area contributed by atoms with Crippen molar-refractivity contribution in [1.82, 2.24) is 4.90 Å². The van der Waals surface area contributed by atoms with Crippen molar-refractivity contribution >= 4 is 34.6 Å². The largest absolute Gasteiger partial charge is 0.497 e. The summed E-state index contributed by atoms with van der Waals surface area (Å²) in [5.41, 5.74) is 1.65. The first kappa shape index (κ1) is 19.8. The molecule has 2 aromatic carbocycles. The summed E-state index contributed by atoms with van der Waals surface area (Å²) >= 11 is 1.31. The minimum Gasteiger partial charge on any atom is -0.497 e. The normalized spacial score (nSPS) is 16.5. The zero-order valence-electron chi connectivity index (χ0n) is 16.8. The number of likely N-dealkylation sites (N-methyl/N-ethyl adjacent to an activating group) is 1. The molecule has 1 aliphatic heterocycles. The highest BCUT2D eigenvalue weighted by atomic mass is 32.2. The van der Waals surface area contributed by atoms with Crippen molar-refractivity contribution in [1.29, 1.82) is 0 Å². The number of amides is 1. The van der Waals surface area contributed by atoms with Crippen LogP contribution in [0.25, 0.3) is 17.4 Å². The molecule has 1 amide bonds. The summed E-state index contributed by atoms with van der Waals surface area (Å²) in [7, 11) is 4.95. The number of aliphatic imine (C=N–C) groups is 1. The molecule has 0 radical (unpaired) electrons. The number of hydrogen-bond donors (Lipinski definition) is 0. The molecule has 0 unspecified atom stereocenters. The van der Waals surface area contributed by atoms with Gasteiger partial charge in [-0.3, -0.25) is 9.69 Å². The third-order valence-electron chi connectivity index (χ3n) is 4.56. The predicted molar refractivity (Wildman–Crippen MR) is 119 cm³/mol. The fourth-order valence-electron chi connectivity index (χ4n) is 2.91.